The van der Waals surface area contributed by atoms with Gasteiger partial charge in [0.05, 0.1) is 32.8 Å². The topological polar surface area (TPSA) is 114 Å². The zero-order valence-corrected chi connectivity index (χ0v) is 12.4. The highest BCUT2D eigenvalue weighted by molar-refractivity contribution is 5.76. The van der Waals surface area contributed by atoms with Crippen molar-refractivity contribution in [3.8, 4) is 0 Å². The van der Waals surface area contributed by atoms with Gasteiger partial charge in [0.25, 0.3) is 0 Å². The molecule has 0 aliphatic rings. The fourth-order valence-corrected chi connectivity index (χ4v) is 1.27. The molecule has 0 bridgehead atoms. The number of carboxylic acid groups (broad SMARTS) is 1. The van der Waals surface area contributed by atoms with Crippen molar-refractivity contribution in [3.63, 3.8) is 0 Å². The molecule has 0 atom stereocenters. The first kappa shape index (κ1) is 19.3. The van der Waals surface area contributed by atoms with Crippen LogP contribution in [0.5, 0.6) is 0 Å². The molecule has 122 valence electrons. The van der Waals surface area contributed by atoms with Crippen LogP contribution in [0.25, 0.3) is 0 Å². The molecule has 0 heterocycles. The van der Waals surface area contributed by atoms with Gasteiger partial charge in [-0.15, -0.1) is 0 Å². The molecule has 0 spiro atoms. The van der Waals surface area contributed by atoms with Crippen LogP contribution in [0.1, 0.15) is 26.2 Å². The zero-order chi connectivity index (χ0) is 15.9. The van der Waals surface area contributed by atoms with E-state index in [0.29, 0.717) is 26.1 Å². The molecule has 0 aromatic rings. The summed E-state index contributed by atoms with van der Waals surface area (Å²) in [5, 5.41) is 13.7. The lowest BCUT2D eigenvalue weighted by Crippen LogP contribution is -2.29. The van der Waals surface area contributed by atoms with Crippen molar-refractivity contribution >= 4 is 17.8 Å². The fourth-order valence-electron chi connectivity index (χ4n) is 1.27. The van der Waals surface area contributed by atoms with E-state index in [2.05, 4.69) is 10.6 Å². The van der Waals surface area contributed by atoms with Gasteiger partial charge in [0.15, 0.2) is 0 Å². The Balaban J connectivity index is 3.27. The quantitative estimate of drug-likeness (QED) is 0.396. The highest BCUT2D eigenvalue weighted by Crippen LogP contribution is 1.85. The Labute approximate surface area is 124 Å². The van der Waals surface area contributed by atoms with Crippen LogP contribution in [0.4, 0.5) is 0 Å². The minimum absolute atomic E-state index is 0.0285. The van der Waals surface area contributed by atoms with Gasteiger partial charge in [0.2, 0.25) is 11.8 Å². The molecule has 2 amide bonds. The van der Waals surface area contributed by atoms with E-state index < -0.39 is 5.97 Å². The van der Waals surface area contributed by atoms with Gasteiger partial charge < -0.3 is 25.2 Å². The molecule has 0 saturated carbocycles. The molecule has 21 heavy (non-hydrogen) atoms. The van der Waals surface area contributed by atoms with E-state index in [4.69, 9.17) is 14.6 Å². The SMILES string of the molecule is CCC(=O)NCCOCCC(=O)NCCOCCC(=O)O. The summed E-state index contributed by atoms with van der Waals surface area (Å²) in [5.41, 5.74) is 0. The number of nitrogens with one attached hydrogen (secondary N) is 2. The van der Waals surface area contributed by atoms with Gasteiger partial charge in [-0.3, -0.25) is 14.4 Å². The largest absolute Gasteiger partial charge is 0.481 e. The van der Waals surface area contributed by atoms with Gasteiger partial charge in [-0.25, -0.2) is 0 Å². The van der Waals surface area contributed by atoms with Crippen LogP contribution in [0.2, 0.25) is 0 Å². The lowest BCUT2D eigenvalue weighted by atomic mass is 10.4. The molecule has 8 heteroatoms. The van der Waals surface area contributed by atoms with E-state index in [9.17, 15) is 14.4 Å². The van der Waals surface area contributed by atoms with Crippen molar-refractivity contribution in [2.45, 2.75) is 26.2 Å². The van der Waals surface area contributed by atoms with Crippen LogP contribution in [-0.4, -0.2) is 62.4 Å². The molecule has 0 aromatic heterocycles. The van der Waals surface area contributed by atoms with Crippen LogP contribution in [0.3, 0.4) is 0 Å². The summed E-state index contributed by atoms with van der Waals surface area (Å²) in [6.45, 7) is 3.62. The molecular formula is C13H24N2O6. The second kappa shape index (κ2) is 13.3. The lowest BCUT2D eigenvalue weighted by molar-refractivity contribution is -0.138. The van der Waals surface area contributed by atoms with Crippen molar-refractivity contribution in [2.24, 2.45) is 0 Å². The third-order valence-corrected chi connectivity index (χ3v) is 2.39. The summed E-state index contributed by atoms with van der Waals surface area (Å²) in [4.78, 5) is 32.5. The maximum Gasteiger partial charge on any atom is 0.305 e. The maximum absolute atomic E-state index is 11.4. The summed E-state index contributed by atoms with van der Waals surface area (Å²) < 4.78 is 10.2. The molecule has 0 saturated heterocycles. The number of carbonyl (C=O) groups excluding carboxylic acids is 2. The van der Waals surface area contributed by atoms with Crippen molar-refractivity contribution in [3.05, 3.63) is 0 Å². The predicted octanol–water partition coefficient (Wildman–Crippen LogP) is -0.473. The number of rotatable bonds is 13. The summed E-state index contributed by atoms with van der Waals surface area (Å²) in [7, 11) is 0. The molecule has 8 nitrogen and oxygen atoms in total. The zero-order valence-electron chi connectivity index (χ0n) is 12.4. The average Bonchev–Trinajstić information content (AvgIpc) is 2.45. The Morgan fingerprint density at radius 3 is 1.90 bits per heavy atom. The molecule has 0 aliphatic carbocycles. The first-order valence-corrected chi connectivity index (χ1v) is 6.97. The number of carboxylic acids is 1. The third kappa shape index (κ3) is 14.5. The molecule has 3 N–H and O–H groups in total. The average molecular weight is 304 g/mol. The highest BCUT2D eigenvalue weighted by atomic mass is 16.5. The Morgan fingerprint density at radius 2 is 1.38 bits per heavy atom. The second-order valence-electron chi connectivity index (χ2n) is 4.17. The first-order chi connectivity index (χ1) is 10.1. The summed E-state index contributed by atoms with van der Waals surface area (Å²) in [6, 6.07) is 0. The molecular weight excluding hydrogens is 280 g/mol. The highest BCUT2D eigenvalue weighted by Gasteiger charge is 2.01. The van der Waals surface area contributed by atoms with Gasteiger partial charge in [0.1, 0.15) is 0 Å². The van der Waals surface area contributed by atoms with Crippen LogP contribution in [0.15, 0.2) is 0 Å². The Kier molecular flexibility index (Phi) is 12.3. The van der Waals surface area contributed by atoms with Crippen molar-refractivity contribution in [2.75, 3.05) is 39.5 Å². The van der Waals surface area contributed by atoms with E-state index in [1.807, 2.05) is 0 Å². The first-order valence-electron chi connectivity index (χ1n) is 6.97. The van der Waals surface area contributed by atoms with E-state index in [-0.39, 0.29) is 44.5 Å². The summed E-state index contributed by atoms with van der Waals surface area (Å²) in [6.07, 6.45) is 0.629. The molecule has 0 unspecified atom stereocenters. The minimum Gasteiger partial charge on any atom is -0.481 e. The number of aliphatic carboxylic acids is 1. The summed E-state index contributed by atoms with van der Waals surface area (Å²) >= 11 is 0. The monoisotopic (exact) mass is 304 g/mol. The normalized spacial score (nSPS) is 10.1. The van der Waals surface area contributed by atoms with E-state index >= 15 is 0 Å². The van der Waals surface area contributed by atoms with Crippen LogP contribution < -0.4 is 10.6 Å². The van der Waals surface area contributed by atoms with Gasteiger partial charge in [0, 0.05) is 25.9 Å². The fraction of sp³-hybridized carbons (Fsp3) is 0.769. The van der Waals surface area contributed by atoms with Gasteiger partial charge >= 0.3 is 5.97 Å². The van der Waals surface area contributed by atoms with Crippen LogP contribution >= 0.6 is 0 Å². The Bertz CT molecular complexity index is 322. The van der Waals surface area contributed by atoms with Gasteiger partial charge in [-0.2, -0.15) is 0 Å². The number of hydrogen-bond donors (Lipinski definition) is 3. The molecule has 0 aromatic carbocycles. The minimum atomic E-state index is -0.911. The number of ether oxygens (including phenoxy) is 2. The predicted molar refractivity (Wildman–Crippen MR) is 74.8 cm³/mol. The second-order valence-corrected chi connectivity index (χ2v) is 4.17. The molecule has 0 aliphatic heterocycles. The summed E-state index contributed by atoms with van der Waals surface area (Å²) in [5.74, 6) is -1.10. The van der Waals surface area contributed by atoms with Crippen LogP contribution in [0, 0.1) is 0 Å². The van der Waals surface area contributed by atoms with E-state index in [1.165, 1.54) is 0 Å². The standard InChI is InChI=1S/C13H24N2O6/c1-2-11(16)14-5-9-20-7-3-12(17)15-6-10-21-8-4-13(18)19/h2-10H2,1H3,(H,14,16)(H,15,17)(H,18,19). The number of hydrogen-bond acceptors (Lipinski definition) is 5. The maximum atomic E-state index is 11.4. The van der Waals surface area contributed by atoms with Crippen molar-refractivity contribution in [1.82, 2.24) is 10.6 Å². The molecule has 0 rings (SSSR count). The Morgan fingerprint density at radius 1 is 0.857 bits per heavy atom. The van der Waals surface area contributed by atoms with Crippen molar-refractivity contribution < 1.29 is 29.0 Å². The van der Waals surface area contributed by atoms with Gasteiger partial charge in [-0.05, 0) is 0 Å². The molecule has 0 fully saturated rings. The van der Waals surface area contributed by atoms with Crippen molar-refractivity contribution in [1.29, 1.82) is 0 Å². The number of carbonyl (C=O) groups is 3. The number of amides is 2. The lowest BCUT2D eigenvalue weighted by Gasteiger charge is -2.07. The van der Waals surface area contributed by atoms with E-state index in [0.717, 1.165) is 0 Å². The smallest absolute Gasteiger partial charge is 0.305 e. The molecule has 0 radical (unpaired) electrons. The van der Waals surface area contributed by atoms with E-state index in [1.54, 1.807) is 6.92 Å². The van der Waals surface area contributed by atoms with Gasteiger partial charge in [-0.1, -0.05) is 6.92 Å². The van der Waals surface area contributed by atoms with Crippen LogP contribution in [-0.2, 0) is 23.9 Å². The Hall–Kier alpha value is -1.67. The third-order valence-electron chi connectivity index (χ3n) is 2.39.